The van der Waals surface area contributed by atoms with Crippen LogP contribution in [0.2, 0.25) is 84.6 Å². The van der Waals surface area contributed by atoms with Crippen LogP contribution in [0.3, 0.4) is 0 Å². The zero-order valence-electron chi connectivity index (χ0n) is 67.1. The first-order valence-corrected chi connectivity index (χ1v) is 69.4. The lowest BCUT2D eigenvalue weighted by Crippen LogP contribution is -2.90. The van der Waals surface area contributed by atoms with Crippen LogP contribution in [0.5, 0.6) is 0 Å². The van der Waals surface area contributed by atoms with Crippen molar-refractivity contribution >= 4 is 151 Å². The van der Waals surface area contributed by atoms with Gasteiger partial charge in [-0.05, 0) is 82.9 Å². The van der Waals surface area contributed by atoms with Gasteiger partial charge in [0.25, 0.3) is 0 Å². The lowest BCUT2D eigenvalue weighted by atomic mass is 10.3. The van der Waals surface area contributed by atoms with Crippen molar-refractivity contribution in [2.24, 2.45) is 82.9 Å². The second-order valence-corrected chi connectivity index (χ2v) is 84.9. The summed E-state index contributed by atoms with van der Waals surface area (Å²) in [7, 11) is -69.7. The molecule has 12 saturated heterocycles. The number of benzene rings is 1. The van der Waals surface area contributed by atoms with Gasteiger partial charge in [-0.15, -0.1) is 0 Å². The molecule has 24 nitrogen and oxygen atoms in total. The summed E-state index contributed by atoms with van der Waals surface area (Å²) in [5.74, 6) is -0.267. The maximum absolute atomic E-state index is 8.41. The van der Waals surface area contributed by atoms with E-state index in [1.165, 1.54) is 0 Å². The SMILES string of the molecule is CC(C)C[Si]12O[Si]3(CC(C)C)O[Si]4(CC(C)C)O[Si](CC(C)C)(O1)O[Si]1(CC(C)C)O[Si](CC(C)C)(O2)O[Si](CC(C)C)(O3)O[Si](c2ccc([Si]35O[Si]6(CC(C)C)O[Si]7(CC(C)C)O[Si]8(CC(C)C)O[Si](CC(C)C)(O6)O[Si](CC(C)C)(O[Si](CC(C)C)(O8)O[Si](CC(C)C)(O7)O3)O5)cc2)(O4)O1. The van der Waals surface area contributed by atoms with Gasteiger partial charge in [0.15, 0.2) is 0 Å². The van der Waals surface area contributed by atoms with Crippen molar-refractivity contribution in [3.8, 4) is 0 Å². The van der Waals surface area contributed by atoms with E-state index in [9.17, 15) is 0 Å². The Morgan fingerprint density at radius 2 is 0.225 bits per heavy atom. The van der Waals surface area contributed by atoms with E-state index >= 15 is 0 Å². The van der Waals surface area contributed by atoms with Crippen molar-refractivity contribution in [1.82, 2.24) is 0 Å². The molecule has 0 amide bonds. The van der Waals surface area contributed by atoms with Crippen LogP contribution in [-0.4, -0.2) is 141 Å². The maximum atomic E-state index is 8.41. The van der Waals surface area contributed by atoms with Gasteiger partial charge in [-0.1, -0.05) is 218 Å². The molecule has 12 aliphatic rings. The van der Waals surface area contributed by atoms with Crippen molar-refractivity contribution in [2.45, 2.75) is 278 Å². The molecule has 0 spiro atoms. The zero-order chi connectivity index (χ0) is 74.9. The van der Waals surface area contributed by atoms with Crippen LogP contribution in [0.25, 0.3) is 0 Å². The Balaban J connectivity index is 1.23. The highest BCUT2D eigenvalue weighted by Gasteiger charge is 2.87. The Morgan fingerprint density at radius 3 is 0.304 bits per heavy atom. The van der Waals surface area contributed by atoms with E-state index in [0.29, 0.717) is 95.0 Å². The highest BCUT2D eigenvalue weighted by Crippen LogP contribution is 2.59. The summed E-state index contributed by atoms with van der Waals surface area (Å²) >= 11 is 0. The Labute approximate surface area is 631 Å². The van der Waals surface area contributed by atoms with Gasteiger partial charge in [-0.2, -0.15) is 0 Å². The Morgan fingerprint density at radius 1 is 0.147 bits per heavy atom. The molecular formula is C62H130O24Si16. The predicted molar refractivity (Wildman–Crippen MR) is 419 cm³/mol. The van der Waals surface area contributed by atoms with Crippen molar-refractivity contribution in [1.29, 1.82) is 0 Å². The Kier molecular flexibility index (Phi) is 25.0. The topological polar surface area (TPSA) is 222 Å². The van der Waals surface area contributed by atoms with Gasteiger partial charge in [-0.25, -0.2) is 0 Å². The molecule has 12 fully saturated rings. The molecule has 0 saturated carbocycles. The zero-order valence-corrected chi connectivity index (χ0v) is 83.1. The monoisotopic (exact) mass is 1710 g/mol. The van der Waals surface area contributed by atoms with Crippen LogP contribution < -0.4 is 10.4 Å². The molecule has 0 radical (unpaired) electrons. The number of hydrogen-bond donors (Lipinski definition) is 0. The molecule has 13 rings (SSSR count). The third-order valence-corrected chi connectivity index (χ3v) is 97.4. The molecule has 586 valence electrons. The predicted octanol–water partition coefficient (Wildman–Crippen LogP) is 14.8. The summed E-state index contributed by atoms with van der Waals surface area (Å²) < 4.78 is 197. The van der Waals surface area contributed by atoms with E-state index in [2.05, 4.69) is 194 Å². The second kappa shape index (κ2) is 30.2. The largest absolute Gasteiger partial charge is 0.515 e. The second-order valence-electron chi connectivity index (χ2n) is 37.1. The quantitative estimate of drug-likeness (QED) is 0.0653. The smallest absolute Gasteiger partial charge is 0.373 e. The van der Waals surface area contributed by atoms with Crippen LogP contribution in [0, 0.1) is 82.9 Å². The molecular weight excluding hydrogens is 1580 g/mol. The van der Waals surface area contributed by atoms with Crippen molar-refractivity contribution in [3.63, 3.8) is 0 Å². The van der Waals surface area contributed by atoms with E-state index in [4.69, 9.17) is 98.8 Å². The van der Waals surface area contributed by atoms with Crippen LogP contribution in [-0.2, 0) is 98.8 Å². The van der Waals surface area contributed by atoms with E-state index < -0.39 is 141 Å². The maximum Gasteiger partial charge on any atom is 0.515 e. The first kappa shape index (κ1) is 84.6. The fourth-order valence-electron chi connectivity index (χ4n) is 16.5. The van der Waals surface area contributed by atoms with Gasteiger partial charge in [0.05, 0.1) is 0 Å². The fourth-order valence-corrected chi connectivity index (χ4v) is 118. The van der Waals surface area contributed by atoms with Gasteiger partial charge in [-0.3, -0.25) is 0 Å². The lowest BCUT2D eigenvalue weighted by molar-refractivity contribution is -0.0365. The number of rotatable bonds is 30. The van der Waals surface area contributed by atoms with Gasteiger partial charge < -0.3 is 98.8 Å². The molecule has 16 bridgehead atoms. The average Bonchev–Trinajstić information content (AvgIpc) is 0.687. The third kappa shape index (κ3) is 18.3. The summed E-state index contributed by atoms with van der Waals surface area (Å²) in [5, 5.41) is 1.11. The minimum Gasteiger partial charge on any atom is -0.373 e. The van der Waals surface area contributed by atoms with Gasteiger partial charge in [0.2, 0.25) is 0 Å². The van der Waals surface area contributed by atoms with Crippen LogP contribution in [0.1, 0.15) is 194 Å². The molecule has 0 N–H and O–H groups in total. The molecule has 0 unspecified atom stereocenters. The van der Waals surface area contributed by atoms with E-state index in [1.807, 2.05) is 24.3 Å². The van der Waals surface area contributed by atoms with E-state index in [-0.39, 0.29) is 82.9 Å². The molecule has 1 aromatic rings. The summed E-state index contributed by atoms with van der Waals surface area (Å²) in [6.45, 7) is 60.6. The first-order valence-electron chi connectivity index (χ1n) is 39.0. The molecule has 0 aromatic heterocycles. The van der Waals surface area contributed by atoms with Gasteiger partial charge >= 0.3 is 141 Å². The minimum atomic E-state index is -4.81. The highest BCUT2D eigenvalue weighted by molar-refractivity contribution is 7.07. The van der Waals surface area contributed by atoms with Gasteiger partial charge in [0, 0.05) is 95.0 Å². The summed E-state index contributed by atoms with van der Waals surface area (Å²) in [6.07, 6.45) is 0. The molecule has 12 heterocycles. The fraction of sp³-hybridized carbons (Fsp3) is 0.903. The summed E-state index contributed by atoms with van der Waals surface area (Å²) in [5.41, 5.74) is 0. The number of hydrogen-bond acceptors (Lipinski definition) is 24. The standard InChI is InChI=1S/C62H130O24Si16/c1-47(2)33-87-63-89(35-49(5)6)69-95(41-55(17)18)71-90(64-87,36-50(7)8)73-97(43-57(21)22)74-91(65-87,37-51(9)10)72-96(70-89,42-56(19)20)82-101(81-95,83-97)61-29-31-62(32-30-61)102-84-98(44-58(23)24)75-92(38-52(11)12)66-88(34-48(3)4)67-93(77-98,39-53(13)14)79-100(86-102,46-60(27)28)80-94(68-88,40-54(15)16)78-99(76-92,85-102)45-59(25)26/h29-32,47-60H,33-46H2,1-28H3. The molecule has 40 heteroatoms. The molecule has 0 aliphatic carbocycles. The summed E-state index contributed by atoms with van der Waals surface area (Å²) in [6, 6.07) is 13.0. The molecule has 12 aliphatic heterocycles. The normalized spacial score (nSPS) is 42.6. The highest BCUT2D eigenvalue weighted by atomic mass is 28.6. The summed E-state index contributed by atoms with van der Waals surface area (Å²) in [4.78, 5) is 0. The van der Waals surface area contributed by atoms with Gasteiger partial charge in [0.1, 0.15) is 0 Å². The van der Waals surface area contributed by atoms with Crippen LogP contribution in [0.15, 0.2) is 24.3 Å². The van der Waals surface area contributed by atoms with Crippen LogP contribution in [0.4, 0.5) is 0 Å². The van der Waals surface area contributed by atoms with Crippen molar-refractivity contribution < 1.29 is 98.8 Å². The minimum absolute atomic E-state index is 0.000295. The van der Waals surface area contributed by atoms with E-state index in [0.717, 1.165) is 0 Å². The van der Waals surface area contributed by atoms with E-state index in [1.54, 1.807) is 0 Å². The average molecular weight is 1710 g/mol. The molecule has 1 aromatic carbocycles. The van der Waals surface area contributed by atoms with Crippen LogP contribution >= 0.6 is 0 Å². The molecule has 0 atom stereocenters. The van der Waals surface area contributed by atoms with Crippen molar-refractivity contribution in [2.75, 3.05) is 0 Å². The third-order valence-electron chi connectivity index (χ3n) is 18.1. The first-order chi connectivity index (χ1) is 47.0. The Hall–Kier alpha value is 1.73. The Bertz CT molecular complexity index is 2570. The lowest BCUT2D eigenvalue weighted by Gasteiger charge is -2.64. The molecule has 102 heavy (non-hydrogen) atoms. The van der Waals surface area contributed by atoms with Crippen molar-refractivity contribution in [3.05, 3.63) is 24.3 Å².